The molecule has 0 aliphatic carbocycles. The maximum atomic E-state index is 12.8. The Morgan fingerprint density at radius 3 is 2.09 bits per heavy atom. The molecule has 0 radical (unpaired) electrons. The van der Waals surface area contributed by atoms with Gasteiger partial charge < -0.3 is 23.7 Å². The molecule has 1 aliphatic rings. The lowest BCUT2D eigenvalue weighted by Gasteiger charge is -2.44. The van der Waals surface area contributed by atoms with Crippen LogP contribution in [0.15, 0.2) is 60.7 Å². The second-order valence-electron chi connectivity index (χ2n) is 7.73. The molecule has 188 valence electrons. The Morgan fingerprint density at radius 2 is 1.51 bits per heavy atom. The van der Waals surface area contributed by atoms with Crippen LogP contribution < -0.4 is 0 Å². The Bertz CT molecular complexity index is 1020. The van der Waals surface area contributed by atoms with Crippen LogP contribution >= 0.6 is 34.8 Å². The number of benzene rings is 2. The molecule has 8 nitrogen and oxygen atoms in total. The predicted molar refractivity (Wildman–Crippen MR) is 130 cm³/mol. The van der Waals surface area contributed by atoms with Gasteiger partial charge in [-0.15, -0.1) is 0 Å². The third-order valence-electron chi connectivity index (χ3n) is 5.06. The van der Waals surface area contributed by atoms with Gasteiger partial charge in [-0.1, -0.05) is 83.3 Å². The van der Waals surface area contributed by atoms with E-state index in [4.69, 9.17) is 63.9 Å². The van der Waals surface area contributed by atoms with Gasteiger partial charge in [-0.2, -0.15) is 0 Å². The quantitative estimate of drug-likeness (QED) is 0.230. The first-order valence-corrected chi connectivity index (χ1v) is 11.8. The van der Waals surface area contributed by atoms with Crippen LogP contribution in [0.3, 0.4) is 0 Å². The number of ether oxygens (including phenoxy) is 5. The SMILES string of the molecule is CC(=O)O[C@H]1[C@H](OCc2ccccc2)[C@H](OC(=N)C(Cl)(Cl)Cl)O[C@@H](C)[C@H]1OC(=O)c1ccccc1. The maximum Gasteiger partial charge on any atom is 0.338 e. The van der Waals surface area contributed by atoms with Gasteiger partial charge in [-0.3, -0.25) is 10.2 Å². The van der Waals surface area contributed by atoms with E-state index >= 15 is 0 Å². The van der Waals surface area contributed by atoms with Gasteiger partial charge in [0.2, 0.25) is 12.2 Å². The highest BCUT2D eigenvalue weighted by Crippen LogP contribution is 2.34. The van der Waals surface area contributed by atoms with Crippen molar-refractivity contribution < 1.29 is 33.3 Å². The van der Waals surface area contributed by atoms with E-state index in [9.17, 15) is 9.59 Å². The topological polar surface area (TPSA) is 104 Å². The molecule has 2 aromatic carbocycles. The number of hydrogen-bond donors (Lipinski definition) is 1. The predicted octanol–water partition coefficient (Wildman–Crippen LogP) is 4.84. The number of esters is 2. The van der Waals surface area contributed by atoms with Crippen LogP contribution in [0.1, 0.15) is 29.8 Å². The summed E-state index contributed by atoms with van der Waals surface area (Å²) in [6.07, 6.45) is -5.50. The summed E-state index contributed by atoms with van der Waals surface area (Å²) in [5, 5.41) is 7.96. The van der Waals surface area contributed by atoms with Crippen molar-refractivity contribution in [3.05, 3.63) is 71.8 Å². The normalized spacial score (nSPS) is 24.3. The van der Waals surface area contributed by atoms with Crippen molar-refractivity contribution in [3.63, 3.8) is 0 Å². The zero-order valence-corrected chi connectivity index (χ0v) is 21.1. The molecule has 1 N–H and O–H groups in total. The molecule has 5 atom stereocenters. The zero-order chi connectivity index (χ0) is 25.6. The largest absolute Gasteiger partial charge is 0.455 e. The molecule has 0 bridgehead atoms. The van der Waals surface area contributed by atoms with Crippen molar-refractivity contribution in [1.82, 2.24) is 0 Å². The number of alkyl halides is 3. The van der Waals surface area contributed by atoms with Crippen LogP contribution in [0.2, 0.25) is 0 Å². The van der Waals surface area contributed by atoms with Crippen molar-refractivity contribution in [1.29, 1.82) is 5.41 Å². The minimum Gasteiger partial charge on any atom is -0.455 e. The second-order valence-corrected chi connectivity index (χ2v) is 10.0. The molecule has 0 saturated carbocycles. The van der Waals surface area contributed by atoms with E-state index in [0.717, 1.165) is 5.56 Å². The molecule has 0 aromatic heterocycles. The van der Waals surface area contributed by atoms with Gasteiger partial charge >= 0.3 is 11.9 Å². The summed E-state index contributed by atoms with van der Waals surface area (Å²) < 4.78 is 26.5. The molecule has 0 spiro atoms. The standard InChI is InChI=1S/C24H24Cl3NO7/c1-14-18(34-21(30)17-11-7-4-8-12-17)19(33-15(2)29)20(31-13-16-9-5-3-6-10-16)22(32-14)35-23(28)24(25,26)27/h3-12,14,18-20,22,28H,13H2,1-2H3/t14-,18+,19+,20-,22-/m0/s1. The monoisotopic (exact) mass is 543 g/mol. The molecular weight excluding hydrogens is 521 g/mol. The van der Waals surface area contributed by atoms with Crippen molar-refractivity contribution in [2.24, 2.45) is 0 Å². The first kappa shape index (κ1) is 27.2. The fraction of sp³-hybridized carbons (Fsp3) is 0.375. The molecule has 1 saturated heterocycles. The van der Waals surface area contributed by atoms with Gasteiger partial charge in [0.05, 0.1) is 18.3 Å². The Hall–Kier alpha value is -2.36. The number of rotatable bonds is 7. The average Bonchev–Trinajstić information content (AvgIpc) is 2.81. The molecule has 11 heteroatoms. The molecule has 2 aromatic rings. The molecular formula is C24H24Cl3NO7. The number of nitrogens with one attached hydrogen (secondary N) is 1. The van der Waals surface area contributed by atoms with Crippen molar-refractivity contribution in [3.8, 4) is 0 Å². The van der Waals surface area contributed by atoms with E-state index in [2.05, 4.69) is 0 Å². The van der Waals surface area contributed by atoms with E-state index in [0.29, 0.717) is 5.56 Å². The molecule has 1 heterocycles. The fourth-order valence-corrected chi connectivity index (χ4v) is 3.58. The number of carbonyl (C=O) groups is 2. The number of hydrogen-bond acceptors (Lipinski definition) is 8. The molecule has 0 unspecified atom stereocenters. The van der Waals surface area contributed by atoms with E-state index in [-0.39, 0.29) is 6.61 Å². The van der Waals surface area contributed by atoms with E-state index in [1.165, 1.54) is 6.92 Å². The Morgan fingerprint density at radius 1 is 0.914 bits per heavy atom. The molecule has 35 heavy (non-hydrogen) atoms. The van der Waals surface area contributed by atoms with Gasteiger partial charge in [0, 0.05) is 6.92 Å². The van der Waals surface area contributed by atoms with Crippen molar-refractivity contribution >= 4 is 52.6 Å². The Balaban J connectivity index is 1.90. The van der Waals surface area contributed by atoms with Crippen LogP contribution in [0.25, 0.3) is 0 Å². The second kappa shape index (κ2) is 12.1. The first-order valence-electron chi connectivity index (χ1n) is 10.6. The lowest BCUT2D eigenvalue weighted by Crippen LogP contribution is -2.61. The molecule has 1 fully saturated rings. The van der Waals surface area contributed by atoms with E-state index < -0.39 is 52.3 Å². The van der Waals surface area contributed by atoms with Crippen LogP contribution in [0.5, 0.6) is 0 Å². The fourth-order valence-electron chi connectivity index (χ4n) is 3.45. The summed E-state index contributed by atoms with van der Waals surface area (Å²) in [5.41, 5.74) is 1.11. The third kappa shape index (κ3) is 7.56. The summed E-state index contributed by atoms with van der Waals surface area (Å²) in [6.45, 7) is 2.88. The first-order chi connectivity index (χ1) is 16.6. The summed E-state index contributed by atoms with van der Waals surface area (Å²) >= 11 is 17.3. The molecule has 3 rings (SSSR count). The minimum absolute atomic E-state index is 0.0708. The maximum absolute atomic E-state index is 12.8. The summed E-state index contributed by atoms with van der Waals surface area (Å²) in [7, 11) is 0. The molecule has 1 aliphatic heterocycles. The van der Waals surface area contributed by atoms with Gasteiger partial charge in [0.25, 0.3) is 3.79 Å². The van der Waals surface area contributed by atoms with E-state index in [1.54, 1.807) is 37.3 Å². The highest BCUT2D eigenvalue weighted by molar-refractivity contribution is 6.76. The Kier molecular flexibility index (Phi) is 9.38. The number of carbonyl (C=O) groups excluding carboxylic acids is 2. The zero-order valence-electron chi connectivity index (χ0n) is 18.9. The summed E-state index contributed by atoms with van der Waals surface area (Å²) in [5.74, 6) is -2.00. The third-order valence-corrected chi connectivity index (χ3v) is 5.57. The summed E-state index contributed by atoms with van der Waals surface area (Å²) in [4.78, 5) is 24.8. The van der Waals surface area contributed by atoms with Crippen LogP contribution in [-0.2, 0) is 35.1 Å². The van der Waals surface area contributed by atoms with Gasteiger partial charge in [0.15, 0.2) is 18.3 Å². The summed E-state index contributed by atoms with van der Waals surface area (Å²) in [6, 6.07) is 17.5. The van der Waals surface area contributed by atoms with E-state index in [1.807, 2.05) is 30.3 Å². The minimum atomic E-state index is -2.16. The van der Waals surface area contributed by atoms with Gasteiger partial charge in [-0.25, -0.2) is 4.79 Å². The highest BCUT2D eigenvalue weighted by atomic mass is 35.6. The van der Waals surface area contributed by atoms with Crippen LogP contribution in [0.4, 0.5) is 0 Å². The lowest BCUT2D eigenvalue weighted by atomic mass is 9.98. The number of halogens is 3. The van der Waals surface area contributed by atoms with Gasteiger partial charge in [-0.05, 0) is 24.6 Å². The van der Waals surface area contributed by atoms with Gasteiger partial charge in [0.1, 0.15) is 0 Å². The van der Waals surface area contributed by atoms with Crippen molar-refractivity contribution in [2.75, 3.05) is 0 Å². The Labute approximate surface area is 217 Å². The smallest absolute Gasteiger partial charge is 0.338 e. The highest BCUT2D eigenvalue weighted by Gasteiger charge is 2.51. The average molecular weight is 545 g/mol. The lowest BCUT2D eigenvalue weighted by molar-refractivity contribution is -0.288. The van der Waals surface area contributed by atoms with Crippen LogP contribution in [0, 0.1) is 5.41 Å². The van der Waals surface area contributed by atoms with Crippen molar-refractivity contribution in [2.45, 2.75) is 55.0 Å². The van der Waals surface area contributed by atoms with Crippen LogP contribution in [-0.4, -0.2) is 52.3 Å². The molecule has 0 amide bonds.